The molecular formula is C16H28O. The molecule has 1 fully saturated rings. The molecule has 0 aromatic heterocycles. The lowest BCUT2D eigenvalue weighted by atomic mass is 9.81. The molecule has 2 atom stereocenters. The lowest BCUT2D eigenvalue weighted by molar-refractivity contribution is -0.00412. The third-order valence-electron chi connectivity index (χ3n) is 4.64. The summed E-state index contributed by atoms with van der Waals surface area (Å²) in [7, 11) is 0. The van der Waals surface area contributed by atoms with Crippen LogP contribution in [0, 0.1) is 5.92 Å². The van der Waals surface area contributed by atoms with Crippen LogP contribution >= 0.6 is 0 Å². The van der Waals surface area contributed by atoms with Crippen LogP contribution in [-0.4, -0.2) is 10.7 Å². The summed E-state index contributed by atoms with van der Waals surface area (Å²) < 4.78 is 0. The van der Waals surface area contributed by atoms with Crippen molar-refractivity contribution in [1.29, 1.82) is 0 Å². The van der Waals surface area contributed by atoms with Gasteiger partial charge in [-0.05, 0) is 26.2 Å². The Labute approximate surface area is 106 Å². The van der Waals surface area contributed by atoms with E-state index in [0.29, 0.717) is 5.92 Å². The van der Waals surface area contributed by atoms with Gasteiger partial charge in [-0.25, -0.2) is 0 Å². The van der Waals surface area contributed by atoms with E-state index in [0.717, 1.165) is 12.8 Å². The second kappa shape index (κ2) is 6.04. The van der Waals surface area contributed by atoms with E-state index in [-0.39, 0.29) is 5.60 Å². The first-order chi connectivity index (χ1) is 8.21. The number of fused-ring (bicyclic) bond motifs is 1. The molecule has 0 heterocycles. The average Bonchev–Trinajstić information content (AvgIpc) is 2.55. The van der Waals surface area contributed by atoms with Crippen molar-refractivity contribution in [2.45, 2.75) is 83.2 Å². The first-order valence-electron chi connectivity index (χ1n) is 7.60. The number of hydrogen-bond donors (Lipinski definition) is 1. The SMILES string of the molecule is CC1=CC2CCCCCCCCCCC2(O)C1. The second-order valence-corrected chi connectivity index (χ2v) is 6.27. The summed E-state index contributed by atoms with van der Waals surface area (Å²) in [5.74, 6) is 0.446. The largest absolute Gasteiger partial charge is 0.389 e. The van der Waals surface area contributed by atoms with Crippen LogP contribution in [0.1, 0.15) is 77.6 Å². The molecule has 2 rings (SSSR count). The monoisotopic (exact) mass is 236 g/mol. The van der Waals surface area contributed by atoms with E-state index >= 15 is 0 Å². The van der Waals surface area contributed by atoms with Gasteiger partial charge in [-0.2, -0.15) is 0 Å². The average molecular weight is 236 g/mol. The zero-order valence-electron chi connectivity index (χ0n) is 11.4. The van der Waals surface area contributed by atoms with Gasteiger partial charge >= 0.3 is 0 Å². The van der Waals surface area contributed by atoms with E-state index in [9.17, 15) is 5.11 Å². The summed E-state index contributed by atoms with van der Waals surface area (Å²) in [4.78, 5) is 0. The summed E-state index contributed by atoms with van der Waals surface area (Å²) in [5, 5.41) is 10.8. The van der Waals surface area contributed by atoms with Gasteiger partial charge in [-0.15, -0.1) is 0 Å². The molecule has 0 aromatic rings. The van der Waals surface area contributed by atoms with Gasteiger partial charge in [0.2, 0.25) is 0 Å². The molecule has 0 amide bonds. The van der Waals surface area contributed by atoms with Crippen LogP contribution in [0.5, 0.6) is 0 Å². The molecule has 0 aliphatic heterocycles. The Hall–Kier alpha value is -0.300. The Bertz CT molecular complexity index is 269. The number of aliphatic hydroxyl groups is 1. The van der Waals surface area contributed by atoms with Crippen molar-refractivity contribution in [3.8, 4) is 0 Å². The maximum Gasteiger partial charge on any atom is 0.0746 e. The molecule has 1 saturated carbocycles. The number of hydrogen-bond acceptors (Lipinski definition) is 1. The van der Waals surface area contributed by atoms with E-state index < -0.39 is 0 Å². The van der Waals surface area contributed by atoms with Crippen molar-refractivity contribution in [3.63, 3.8) is 0 Å². The van der Waals surface area contributed by atoms with Crippen LogP contribution < -0.4 is 0 Å². The molecule has 0 bridgehead atoms. The molecule has 1 nitrogen and oxygen atoms in total. The molecule has 98 valence electrons. The molecule has 2 unspecified atom stereocenters. The lowest BCUT2D eigenvalue weighted by Gasteiger charge is -2.31. The Morgan fingerprint density at radius 2 is 1.59 bits per heavy atom. The van der Waals surface area contributed by atoms with Crippen molar-refractivity contribution in [2.24, 2.45) is 5.92 Å². The van der Waals surface area contributed by atoms with E-state index in [1.54, 1.807) is 0 Å². The highest BCUT2D eigenvalue weighted by Crippen LogP contribution is 2.41. The van der Waals surface area contributed by atoms with Crippen molar-refractivity contribution in [3.05, 3.63) is 11.6 Å². The Morgan fingerprint density at radius 3 is 2.29 bits per heavy atom. The van der Waals surface area contributed by atoms with E-state index in [2.05, 4.69) is 13.0 Å². The van der Waals surface area contributed by atoms with E-state index in [1.165, 1.54) is 63.4 Å². The van der Waals surface area contributed by atoms with Crippen molar-refractivity contribution >= 4 is 0 Å². The van der Waals surface area contributed by atoms with Gasteiger partial charge in [0, 0.05) is 5.92 Å². The molecule has 0 saturated heterocycles. The fourth-order valence-electron chi connectivity index (χ4n) is 3.65. The Morgan fingerprint density at radius 1 is 1.00 bits per heavy atom. The molecule has 2 aliphatic carbocycles. The van der Waals surface area contributed by atoms with Crippen molar-refractivity contribution in [2.75, 3.05) is 0 Å². The minimum atomic E-state index is -0.386. The summed E-state index contributed by atoms with van der Waals surface area (Å²) in [6.45, 7) is 2.18. The van der Waals surface area contributed by atoms with Gasteiger partial charge in [0.1, 0.15) is 0 Å². The fraction of sp³-hybridized carbons (Fsp3) is 0.875. The van der Waals surface area contributed by atoms with Crippen molar-refractivity contribution < 1.29 is 5.11 Å². The molecule has 2 aliphatic rings. The smallest absolute Gasteiger partial charge is 0.0746 e. The predicted octanol–water partition coefficient (Wildman–Crippen LogP) is 4.60. The van der Waals surface area contributed by atoms with E-state index in [1.807, 2.05) is 0 Å². The van der Waals surface area contributed by atoms with Crippen LogP contribution in [0.2, 0.25) is 0 Å². The summed E-state index contributed by atoms with van der Waals surface area (Å²) in [5.41, 5.74) is 1.02. The highest BCUT2D eigenvalue weighted by molar-refractivity contribution is 5.18. The highest BCUT2D eigenvalue weighted by Gasteiger charge is 2.38. The van der Waals surface area contributed by atoms with Crippen LogP contribution in [0.4, 0.5) is 0 Å². The zero-order chi connectivity index (χ0) is 12.1. The third kappa shape index (κ3) is 3.58. The Balaban J connectivity index is 1.95. The summed E-state index contributed by atoms with van der Waals surface area (Å²) in [6.07, 6.45) is 16.3. The molecule has 1 heteroatoms. The maximum atomic E-state index is 10.8. The van der Waals surface area contributed by atoms with Crippen LogP contribution in [0.25, 0.3) is 0 Å². The van der Waals surface area contributed by atoms with Gasteiger partial charge in [0.05, 0.1) is 5.60 Å². The minimum Gasteiger partial charge on any atom is -0.389 e. The quantitative estimate of drug-likeness (QED) is 0.609. The van der Waals surface area contributed by atoms with Crippen LogP contribution in [-0.2, 0) is 0 Å². The molecular weight excluding hydrogens is 208 g/mol. The molecule has 0 radical (unpaired) electrons. The third-order valence-corrected chi connectivity index (χ3v) is 4.64. The highest BCUT2D eigenvalue weighted by atomic mass is 16.3. The zero-order valence-corrected chi connectivity index (χ0v) is 11.4. The second-order valence-electron chi connectivity index (χ2n) is 6.27. The number of rotatable bonds is 0. The summed E-state index contributed by atoms with van der Waals surface area (Å²) in [6, 6.07) is 0. The van der Waals surface area contributed by atoms with Gasteiger partial charge in [0.25, 0.3) is 0 Å². The van der Waals surface area contributed by atoms with Gasteiger partial charge in [0.15, 0.2) is 0 Å². The molecule has 17 heavy (non-hydrogen) atoms. The van der Waals surface area contributed by atoms with Gasteiger partial charge in [-0.3, -0.25) is 0 Å². The predicted molar refractivity (Wildman–Crippen MR) is 73.0 cm³/mol. The van der Waals surface area contributed by atoms with Gasteiger partial charge in [-0.1, -0.05) is 63.0 Å². The van der Waals surface area contributed by atoms with E-state index in [4.69, 9.17) is 0 Å². The maximum absolute atomic E-state index is 10.8. The Kier molecular flexibility index (Phi) is 4.67. The molecule has 1 N–H and O–H groups in total. The standard InChI is InChI=1S/C16H28O/c1-14-12-15-10-8-6-4-2-3-5-7-9-11-16(15,17)13-14/h12,15,17H,2-11,13H2,1H3. The van der Waals surface area contributed by atoms with Crippen molar-refractivity contribution in [1.82, 2.24) is 0 Å². The topological polar surface area (TPSA) is 20.2 Å². The molecule has 0 aromatic carbocycles. The van der Waals surface area contributed by atoms with Crippen LogP contribution in [0.3, 0.4) is 0 Å². The lowest BCUT2D eigenvalue weighted by Crippen LogP contribution is -2.33. The van der Waals surface area contributed by atoms with Crippen LogP contribution in [0.15, 0.2) is 11.6 Å². The molecule has 0 spiro atoms. The first-order valence-corrected chi connectivity index (χ1v) is 7.60. The van der Waals surface area contributed by atoms with Gasteiger partial charge < -0.3 is 5.11 Å². The minimum absolute atomic E-state index is 0.386. The normalized spacial score (nSPS) is 36.6. The first kappa shape index (κ1) is 13.1. The fourth-order valence-corrected chi connectivity index (χ4v) is 3.65. The summed E-state index contributed by atoms with van der Waals surface area (Å²) >= 11 is 0.